The fourth-order valence-electron chi connectivity index (χ4n) is 2.01. The van der Waals surface area contributed by atoms with Crippen LogP contribution < -0.4 is 10.6 Å². The molecule has 0 unspecified atom stereocenters. The fourth-order valence-corrected chi connectivity index (χ4v) is 2.01. The summed E-state index contributed by atoms with van der Waals surface area (Å²) in [7, 11) is 0. The van der Waals surface area contributed by atoms with E-state index in [1.807, 2.05) is 30.3 Å². The minimum atomic E-state index is 0.0213. The zero-order valence-electron chi connectivity index (χ0n) is 9.41. The number of hydrogen-bond acceptors (Lipinski definition) is 2. The number of nitrogens with one attached hydrogen (secondary N) is 2. The van der Waals surface area contributed by atoms with Gasteiger partial charge < -0.3 is 10.6 Å². The number of amides is 1. The standard InChI is InChI=1S/C13H18N2O/c16-13(11-6-2-1-3-7-11)15-10-12-8-4-5-9-14-12/h1-3,6-7,12,14H,4-5,8-10H2,(H,15,16)/t12-/m1/s1. The molecule has 0 radical (unpaired) electrons. The third-order valence-electron chi connectivity index (χ3n) is 2.96. The molecule has 1 amide bonds. The van der Waals surface area contributed by atoms with Crippen LogP contribution in [0, 0.1) is 0 Å². The number of piperidine rings is 1. The highest BCUT2D eigenvalue weighted by atomic mass is 16.1. The van der Waals surface area contributed by atoms with E-state index in [0.717, 1.165) is 25.1 Å². The van der Waals surface area contributed by atoms with E-state index >= 15 is 0 Å². The van der Waals surface area contributed by atoms with E-state index in [0.29, 0.717) is 6.04 Å². The summed E-state index contributed by atoms with van der Waals surface area (Å²) < 4.78 is 0. The van der Waals surface area contributed by atoms with Gasteiger partial charge in [0.05, 0.1) is 0 Å². The molecule has 1 fully saturated rings. The molecule has 1 atom stereocenters. The lowest BCUT2D eigenvalue weighted by molar-refractivity contribution is 0.0948. The van der Waals surface area contributed by atoms with E-state index < -0.39 is 0 Å². The molecule has 0 aliphatic carbocycles. The van der Waals surface area contributed by atoms with Crippen molar-refractivity contribution in [1.82, 2.24) is 10.6 Å². The lowest BCUT2D eigenvalue weighted by Gasteiger charge is -2.23. The Balaban J connectivity index is 1.79. The maximum absolute atomic E-state index is 11.7. The van der Waals surface area contributed by atoms with E-state index in [4.69, 9.17) is 0 Å². The lowest BCUT2D eigenvalue weighted by Crippen LogP contribution is -2.43. The van der Waals surface area contributed by atoms with Crippen molar-refractivity contribution in [3.8, 4) is 0 Å². The van der Waals surface area contributed by atoms with Gasteiger partial charge in [-0.2, -0.15) is 0 Å². The summed E-state index contributed by atoms with van der Waals surface area (Å²) in [6.07, 6.45) is 3.68. The quantitative estimate of drug-likeness (QED) is 0.808. The van der Waals surface area contributed by atoms with Gasteiger partial charge in [-0.3, -0.25) is 4.79 Å². The van der Waals surface area contributed by atoms with Crippen molar-refractivity contribution in [3.63, 3.8) is 0 Å². The van der Waals surface area contributed by atoms with Crippen molar-refractivity contribution in [2.45, 2.75) is 25.3 Å². The predicted octanol–water partition coefficient (Wildman–Crippen LogP) is 1.56. The summed E-state index contributed by atoms with van der Waals surface area (Å²) >= 11 is 0. The van der Waals surface area contributed by atoms with Crippen LogP contribution in [0.3, 0.4) is 0 Å². The number of rotatable bonds is 3. The van der Waals surface area contributed by atoms with Crippen molar-refractivity contribution in [3.05, 3.63) is 35.9 Å². The van der Waals surface area contributed by atoms with E-state index in [1.165, 1.54) is 12.8 Å². The van der Waals surface area contributed by atoms with Crippen LogP contribution >= 0.6 is 0 Å². The predicted molar refractivity (Wildman–Crippen MR) is 64.4 cm³/mol. The summed E-state index contributed by atoms with van der Waals surface area (Å²) in [5.41, 5.74) is 0.735. The molecule has 0 aromatic heterocycles. The van der Waals surface area contributed by atoms with Gasteiger partial charge in [0.2, 0.25) is 0 Å². The van der Waals surface area contributed by atoms with Crippen LogP contribution in [0.15, 0.2) is 30.3 Å². The van der Waals surface area contributed by atoms with Crippen LogP contribution in [0.2, 0.25) is 0 Å². The molecule has 16 heavy (non-hydrogen) atoms. The van der Waals surface area contributed by atoms with E-state index in [9.17, 15) is 4.79 Å². The second-order valence-corrected chi connectivity index (χ2v) is 4.22. The number of carbonyl (C=O) groups excluding carboxylic acids is 1. The zero-order valence-corrected chi connectivity index (χ0v) is 9.41. The van der Waals surface area contributed by atoms with E-state index in [2.05, 4.69) is 10.6 Å². The van der Waals surface area contributed by atoms with Gasteiger partial charge >= 0.3 is 0 Å². The van der Waals surface area contributed by atoms with Gasteiger partial charge in [0.1, 0.15) is 0 Å². The van der Waals surface area contributed by atoms with Gasteiger partial charge in [-0.05, 0) is 31.5 Å². The molecular formula is C13H18N2O. The first-order valence-corrected chi connectivity index (χ1v) is 5.93. The Bertz CT molecular complexity index is 331. The van der Waals surface area contributed by atoms with Crippen molar-refractivity contribution in [2.24, 2.45) is 0 Å². The molecule has 1 aliphatic heterocycles. The molecule has 2 rings (SSSR count). The zero-order chi connectivity index (χ0) is 11.2. The largest absolute Gasteiger partial charge is 0.350 e. The number of hydrogen-bond donors (Lipinski definition) is 2. The van der Waals surface area contributed by atoms with Gasteiger partial charge in [0, 0.05) is 18.2 Å². The highest BCUT2D eigenvalue weighted by molar-refractivity contribution is 5.94. The molecule has 86 valence electrons. The normalized spacial score (nSPS) is 20.4. The Labute approximate surface area is 96.2 Å². The Morgan fingerprint density at radius 1 is 1.31 bits per heavy atom. The molecule has 3 heteroatoms. The molecule has 1 aromatic carbocycles. The molecule has 2 N–H and O–H groups in total. The van der Waals surface area contributed by atoms with E-state index in [1.54, 1.807) is 0 Å². The Morgan fingerprint density at radius 3 is 2.81 bits per heavy atom. The van der Waals surface area contributed by atoms with Gasteiger partial charge in [-0.15, -0.1) is 0 Å². The lowest BCUT2D eigenvalue weighted by atomic mass is 10.1. The molecule has 1 heterocycles. The summed E-state index contributed by atoms with van der Waals surface area (Å²) in [5.74, 6) is 0.0213. The highest BCUT2D eigenvalue weighted by Crippen LogP contribution is 2.06. The maximum atomic E-state index is 11.7. The monoisotopic (exact) mass is 218 g/mol. The molecule has 0 spiro atoms. The van der Waals surface area contributed by atoms with Crippen LogP contribution in [0.1, 0.15) is 29.6 Å². The first kappa shape index (κ1) is 11.1. The van der Waals surface area contributed by atoms with Crippen molar-refractivity contribution in [2.75, 3.05) is 13.1 Å². The third-order valence-corrected chi connectivity index (χ3v) is 2.96. The topological polar surface area (TPSA) is 41.1 Å². The smallest absolute Gasteiger partial charge is 0.251 e. The van der Waals surface area contributed by atoms with Gasteiger partial charge in [0.25, 0.3) is 5.91 Å². The second kappa shape index (κ2) is 5.66. The highest BCUT2D eigenvalue weighted by Gasteiger charge is 2.13. The molecule has 0 saturated carbocycles. The minimum absolute atomic E-state index is 0.0213. The van der Waals surface area contributed by atoms with Crippen molar-refractivity contribution < 1.29 is 4.79 Å². The van der Waals surface area contributed by atoms with Crippen molar-refractivity contribution in [1.29, 1.82) is 0 Å². The van der Waals surface area contributed by atoms with Crippen LogP contribution in [-0.4, -0.2) is 25.0 Å². The first-order valence-electron chi connectivity index (χ1n) is 5.93. The van der Waals surface area contributed by atoms with Gasteiger partial charge in [-0.25, -0.2) is 0 Å². The number of benzene rings is 1. The summed E-state index contributed by atoms with van der Waals surface area (Å²) in [5, 5.41) is 6.38. The second-order valence-electron chi connectivity index (χ2n) is 4.22. The summed E-state index contributed by atoms with van der Waals surface area (Å²) in [6, 6.07) is 9.80. The Hall–Kier alpha value is -1.35. The third kappa shape index (κ3) is 3.07. The molecule has 1 aromatic rings. The summed E-state index contributed by atoms with van der Waals surface area (Å²) in [4.78, 5) is 11.7. The first-order chi connectivity index (χ1) is 7.86. The molecule has 3 nitrogen and oxygen atoms in total. The summed E-state index contributed by atoms with van der Waals surface area (Å²) in [6.45, 7) is 1.81. The van der Waals surface area contributed by atoms with E-state index in [-0.39, 0.29) is 5.91 Å². The Morgan fingerprint density at radius 2 is 2.12 bits per heavy atom. The van der Waals surface area contributed by atoms with Crippen molar-refractivity contribution >= 4 is 5.91 Å². The van der Waals surface area contributed by atoms with Gasteiger partial charge in [-0.1, -0.05) is 24.6 Å². The number of carbonyl (C=O) groups is 1. The molecular weight excluding hydrogens is 200 g/mol. The molecule has 1 saturated heterocycles. The molecule has 1 aliphatic rings. The maximum Gasteiger partial charge on any atom is 0.251 e. The fraction of sp³-hybridized carbons (Fsp3) is 0.462. The SMILES string of the molecule is O=C(NC[C@H]1CCCCN1)c1ccccc1. The molecule has 0 bridgehead atoms. The van der Waals surface area contributed by atoms with Crippen LogP contribution in [0.4, 0.5) is 0 Å². The Kier molecular flexibility index (Phi) is 3.94. The van der Waals surface area contributed by atoms with Gasteiger partial charge in [0.15, 0.2) is 0 Å². The average molecular weight is 218 g/mol. The average Bonchev–Trinajstić information content (AvgIpc) is 2.38. The van der Waals surface area contributed by atoms with Crippen LogP contribution in [0.25, 0.3) is 0 Å². The van der Waals surface area contributed by atoms with Crippen LogP contribution in [-0.2, 0) is 0 Å². The minimum Gasteiger partial charge on any atom is -0.350 e. The van der Waals surface area contributed by atoms with Crippen LogP contribution in [0.5, 0.6) is 0 Å².